The predicted octanol–water partition coefficient (Wildman–Crippen LogP) is 3.92. The Labute approximate surface area is 201 Å². The summed E-state index contributed by atoms with van der Waals surface area (Å²) in [7, 11) is 5.75. The highest BCUT2D eigenvalue weighted by atomic mass is 35.5. The van der Waals surface area contributed by atoms with Gasteiger partial charge in [-0.2, -0.15) is 0 Å². The van der Waals surface area contributed by atoms with Gasteiger partial charge in [-0.15, -0.1) is 24.8 Å². The van der Waals surface area contributed by atoms with Gasteiger partial charge in [-0.05, 0) is 55.3 Å². The van der Waals surface area contributed by atoms with Crippen molar-refractivity contribution in [3.63, 3.8) is 0 Å². The molecule has 3 heterocycles. The Balaban J connectivity index is 0.00000181. The van der Waals surface area contributed by atoms with E-state index in [9.17, 15) is 4.79 Å². The molecule has 0 saturated carbocycles. The Morgan fingerprint density at radius 2 is 2.00 bits per heavy atom. The van der Waals surface area contributed by atoms with Crippen LogP contribution in [0.2, 0.25) is 0 Å². The Morgan fingerprint density at radius 3 is 2.66 bits per heavy atom. The molecular formula is C23H31Cl2N5O2. The van der Waals surface area contributed by atoms with Gasteiger partial charge in [0.05, 0.1) is 23.7 Å². The summed E-state index contributed by atoms with van der Waals surface area (Å²) in [5.41, 5.74) is 5.20. The van der Waals surface area contributed by atoms with E-state index in [1.165, 1.54) is 11.1 Å². The number of pyridine rings is 1. The van der Waals surface area contributed by atoms with Crippen LogP contribution < -0.4 is 15.2 Å². The Bertz CT molecular complexity index is 1150. The maximum atomic E-state index is 13.0. The average Bonchev–Trinajstić information content (AvgIpc) is 2.72. The van der Waals surface area contributed by atoms with E-state index < -0.39 is 0 Å². The number of nitrogens with one attached hydrogen (secondary N) is 1. The van der Waals surface area contributed by atoms with Gasteiger partial charge in [-0.3, -0.25) is 14.8 Å². The van der Waals surface area contributed by atoms with Gasteiger partial charge >= 0.3 is 0 Å². The lowest BCUT2D eigenvalue weighted by Crippen LogP contribution is -2.34. The van der Waals surface area contributed by atoms with Crippen molar-refractivity contribution < 1.29 is 4.74 Å². The van der Waals surface area contributed by atoms with Crippen LogP contribution in [0.3, 0.4) is 0 Å². The minimum atomic E-state index is -0.102. The number of benzene rings is 1. The number of anilines is 1. The highest BCUT2D eigenvalue weighted by Crippen LogP contribution is 2.29. The second kappa shape index (κ2) is 10.5. The first kappa shape index (κ1) is 25.9. The van der Waals surface area contributed by atoms with Gasteiger partial charge < -0.3 is 14.5 Å². The van der Waals surface area contributed by atoms with E-state index in [1.54, 1.807) is 7.11 Å². The van der Waals surface area contributed by atoms with E-state index in [0.717, 1.165) is 36.5 Å². The van der Waals surface area contributed by atoms with E-state index in [4.69, 9.17) is 9.72 Å². The van der Waals surface area contributed by atoms with Gasteiger partial charge in [0.25, 0.3) is 5.56 Å². The normalized spacial score (nSPS) is 13.0. The smallest absolute Gasteiger partial charge is 0.260 e. The topological polar surface area (TPSA) is 74.4 Å². The molecule has 0 radical (unpaired) electrons. The molecule has 0 unspecified atom stereocenters. The van der Waals surface area contributed by atoms with Gasteiger partial charge in [0.1, 0.15) is 5.75 Å². The summed E-state index contributed by atoms with van der Waals surface area (Å²) in [6.07, 6.45) is 2.75. The lowest BCUT2D eigenvalue weighted by Gasteiger charge is -2.30. The summed E-state index contributed by atoms with van der Waals surface area (Å²) in [5, 5.41) is 0.643. The van der Waals surface area contributed by atoms with Crippen molar-refractivity contribution in [3.05, 3.63) is 57.1 Å². The third-order valence-electron chi connectivity index (χ3n) is 5.66. The fraction of sp³-hybridized carbons (Fsp3) is 0.435. The van der Waals surface area contributed by atoms with E-state index in [0.29, 0.717) is 23.4 Å². The van der Waals surface area contributed by atoms with Gasteiger partial charge in [-0.25, -0.2) is 4.98 Å². The molecule has 174 valence electrons. The monoisotopic (exact) mass is 479 g/mol. The SMILES string of the molecule is COc1cc(C(C)C)c2c(=O)[nH]c(N3CCc4c(ccnc4CN(C)C)C3)nc2c1.Cl.Cl. The molecule has 0 saturated heterocycles. The first-order chi connectivity index (χ1) is 14.4. The van der Waals surface area contributed by atoms with Crippen LogP contribution in [0.15, 0.2) is 29.2 Å². The number of H-pyrrole nitrogens is 1. The highest BCUT2D eigenvalue weighted by Gasteiger charge is 2.23. The zero-order valence-electron chi connectivity index (χ0n) is 19.1. The first-order valence-electron chi connectivity index (χ1n) is 10.3. The van der Waals surface area contributed by atoms with Crippen LogP contribution >= 0.6 is 24.8 Å². The van der Waals surface area contributed by atoms with Crippen LogP contribution in [0.5, 0.6) is 5.75 Å². The van der Waals surface area contributed by atoms with Crippen LogP contribution in [0.4, 0.5) is 5.95 Å². The van der Waals surface area contributed by atoms with Gasteiger partial charge in [0.2, 0.25) is 5.95 Å². The molecule has 9 heteroatoms. The van der Waals surface area contributed by atoms with E-state index in [2.05, 4.69) is 53.8 Å². The van der Waals surface area contributed by atoms with Crippen molar-refractivity contribution in [1.29, 1.82) is 0 Å². The molecule has 0 atom stereocenters. The van der Waals surface area contributed by atoms with Crippen LogP contribution in [0, 0.1) is 0 Å². The molecule has 0 amide bonds. The molecule has 1 aliphatic rings. The number of halogens is 2. The number of aromatic amines is 1. The average molecular weight is 480 g/mol. The first-order valence-corrected chi connectivity index (χ1v) is 10.3. The lowest BCUT2D eigenvalue weighted by atomic mass is 9.98. The second-order valence-electron chi connectivity index (χ2n) is 8.46. The highest BCUT2D eigenvalue weighted by molar-refractivity contribution is 5.86. The fourth-order valence-electron chi connectivity index (χ4n) is 4.17. The van der Waals surface area contributed by atoms with Crippen molar-refractivity contribution in [3.8, 4) is 5.75 Å². The number of hydrogen-bond donors (Lipinski definition) is 1. The van der Waals surface area contributed by atoms with Crippen molar-refractivity contribution in [2.45, 2.75) is 39.3 Å². The molecule has 0 spiro atoms. The largest absolute Gasteiger partial charge is 0.497 e. The number of aromatic nitrogens is 3. The molecule has 7 nitrogen and oxygen atoms in total. The molecular weight excluding hydrogens is 449 g/mol. The second-order valence-corrected chi connectivity index (χ2v) is 8.46. The molecule has 0 bridgehead atoms. The molecule has 1 aromatic carbocycles. The number of fused-ring (bicyclic) bond motifs is 2. The minimum absolute atomic E-state index is 0. The van der Waals surface area contributed by atoms with E-state index in [-0.39, 0.29) is 36.3 Å². The van der Waals surface area contributed by atoms with Crippen molar-refractivity contribution in [2.24, 2.45) is 0 Å². The zero-order chi connectivity index (χ0) is 21.4. The molecule has 2 aromatic heterocycles. The van der Waals surface area contributed by atoms with E-state index in [1.807, 2.05) is 18.3 Å². The van der Waals surface area contributed by atoms with Crippen molar-refractivity contribution in [2.75, 3.05) is 32.6 Å². The zero-order valence-corrected chi connectivity index (χ0v) is 20.8. The summed E-state index contributed by atoms with van der Waals surface area (Å²) < 4.78 is 5.45. The third kappa shape index (κ3) is 5.00. The summed E-state index contributed by atoms with van der Waals surface area (Å²) in [5.74, 6) is 1.52. The summed E-state index contributed by atoms with van der Waals surface area (Å²) >= 11 is 0. The molecule has 3 aromatic rings. The molecule has 0 aliphatic carbocycles. The quantitative estimate of drug-likeness (QED) is 0.597. The summed E-state index contributed by atoms with van der Waals surface area (Å²) in [6, 6.07) is 5.84. The summed E-state index contributed by atoms with van der Waals surface area (Å²) in [6.45, 7) is 6.46. The van der Waals surface area contributed by atoms with Crippen LogP contribution in [0.1, 0.15) is 42.1 Å². The van der Waals surface area contributed by atoms with Gasteiger partial charge in [0, 0.05) is 31.9 Å². The Morgan fingerprint density at radius 1 is 1.25 bits per heavy atom. The third-order valence-corrected chi connectivity index (χ3v) is 5.66. The van der Waals surface area contributed by atoms with Gasteiger partial charge in [0.15, 0.2) is 0 Å². The number of ether oxygens (including phenoxy) is 1. The maximum absolute atomic E-state index is 13.0. The molecule has 4 rings (SSSR count). The molecule has 1 aliphatic heterocycles. The van der Waals surface area contributed by atoms with Crippen molar-refractivity contribution >= 4 is 41.7 Å². The molecule has 0 fully saturated rings. The van der Waals surface area contributed by atoms with Gasteiger partial charge in [-0.1, -0.05) is 13.8 Å². The Kier molecular flexibility index (Phi) is 8.51. The molecule has 1 N–H and O–H groups in total. The maximum Gasteiger partial charge on any atom is 0.260 e. The minimum Gasteiger partial charge on any atom is -0.497 e. The number of nitrogens with zero attached hydrogens (tertiary/aromatic N) is 4. The van der Waals surface area contributed by atoms with E-state index >= 15 is 0 Å². The predicted molar refractivity (Wildman–Crippen MR) is 134 cm³/mol. The number of hydrogen-bond acceptors (Lipinski definition) is 6. The number of methoxy groups -OCH3 is 1. The molecule has 32 heavy (non-hydrogen) atoms. The number of rotatable bonds is 5. The van der Waals surface area contributed by atoms with Crippen molar-refractivity contribution in [1.82, 2.24) is 19.9 Å². The fourth-order valence-corrected chi connectivity index (χ4v) is 4.17. The Hall–Kier alpha value is -2.35. The van der Waals surface area contributed by atoms with Crippen LogP contribution in [-0.4, -0.2) is 47.6 Å². The summed E-state index contributed by atoms with van der Waals surface area (Å²) in [4.78, 5) is 29.7. The van der Waals surface area contributed by atoms with Crippen LogP contribution in [-0.2, 0) is 19.5 Å². The standard InChI is InChI=1S/C23H29N5O2.2ClH/c1-14(2)18-10-16(30-5)11-19-21(18)22(29)26-23(25-19)28-9-7-17-15(12-28)6-8-24-20(17)13-27(3)4;;/h6,8,10-11,14H,7,9,12-13H2,1-5H3,(H,25,26,29);2*1H. The lowest BCUT2D eigenvalue weighted by molar-refractivity contribution is 0.394. The van der Waals surface area contributed by atoms with Crippen LogP contribution in [0.25, 0.3) is 10.9 Å².